The monoisotopic (exact) mass is 384 g/mol. The van der Waals surface area contributed by atoms with Crippen molar-refractivity contribution in [2.24, 2.45) is 0 Å². The predicted molar refractivity (Wildman–Crippen MR) is 86.7 cm³/mol. The van der Waals surface area contributed by atoms with Crippen molar-refractivity contribution >= 4 is 39.4 Å². The maximum absolute atomic E-state index is 12.0. The number of hydrogen-bond donors (Lipinski definition) is 1. The minimum atomic E-state index is -0.574. The van der Waals surface area contributed by atoms with Crippen molar-refractivity contribution < 1.29 is 14.3 Å². The fourth-order valence-electron chi connectivity index (χ4n) is 1.80. The van der Waals surface area contributed by atoms with E-state index in [2.05, 4.69) is 20.9 Å². The van der Waals surface area contributed by atoms with Gasteiger partial charge in [0.05, 0.1) is 0 Å². The molecule has 1 heterocycles. The zero-order valence-corrected chi connectivity index (χ0v) is 14.1. The van der Waals surface area contributed by atoms with Crippen LogP contribution in [-0.2, 0) is 16.1 Å². The highest BCUT2D eigenvalue weighted by Gasteiger charge is 2.15. The van der Waals surface area contributed by atoms with Crippen LogP contribution in [0, 0.1) is 0 Å². The first-order valence-electron chi connectivity index (χ1n) is 6.45. The number of aromatic amines is 1. The van der Waals surface area contributed by atoms with Crippen LogP contribution in [-0.4, -0.2) is 35.4 Å². The van der Waals surface area contributed by atoms with E-state index in [9.17, 15) is 9.59 Å². The molecule has 1 N–H and O–H groups in total. The van der Waals surface area contributed by atoms with Crippen LogP contribution < -0.4 is 0 Å². The lowest BCUT2D eigenvalue weighted by molar-refractivity contribution is -0.133. The van der Waals surface area contributed by atoms with Gasteiger partial charge in [0.2, 0.25) is 0 Å². The molecule has 0 spiro atoms. The van der Waals surface area contributed by atoms with Crippen molar-refractivity contribution in [1.82, 2.24) is 9.88 Å². The van der Waals surface area contributed by atoms with Crippen LogP contribution in [0.15, 0.2) is 41.0 Å². The molecule has 5 nitrogen and oxygen atoms in total. The molecule has 0 aliphatic heterocycles. The van der Waals surface area contributed by atoms with Crippen molar-refractivity contribution in [2.45, 2.75) is 6.54 Å². The van der Waals surface area contributed by atoms with Gasteiger partial charge in [-0.1, -0.05) is 23.7 Å². The summed E-state index contributed by atoms with van der Waals surface area (Å²) >= 11 is 9.12. The number of nitrogens with one attached hydrogen (secondary N) is 1. The Morgan fingerprint density at radius 2 is 2.14 bits per heavy atom. The molecular weight excluding hydrogens is 372 g/mol. The Bertz CT molecular complexity index is 687. The van der Waals surface area contributed by atoms with Crippen LogP contribution >= 0.6 is 27.5 Å². The second-order valence-corrected chi connectivity index (χ2v) is 6.04. The Morgan fingerprint density at radius 1 is 1.36 bits per heavy atom. The summed E-state index contributed by atoms with van der Waals surface area (Å²) < 4.78 is 5.72. The normalized spacial score (nSPS) is 10.3. The van der Waals surface area contributed by atoms with Crippen LogP contribution in [0.5, 0.6) is 0 Å². The van der Waals surface area contributed by atoms with E-state index in [4.69, 9.17) is 16.3 Å². The lowest BCUT2D eigenvalue weighted by Crippen LogP contribution is -2.30. The number of likely N-dealkylation sites (N-methyl/N-ethyl adjacent to an activating group) is 1. The molecule has 2 rings (SSSR count). The third-order valence-electron chi connectivity index (χ3n) is 2.93. The second kappa shape index (κ2) is 7.47. The molecule has 1 aromatic carbocycles. The van der Waals surface area contributed by atoms with Crippen molar-refractivity contribution in [1.29, 1.82) is 0 Å². The average Bonchev–Trinajstić information content (AvgIpc) is 2.91. The Morgan fingerprint density at radius 3 is 2.77 bits per heavy atom. The first kappa shape index (κ1) is 16.6. The van der Waals surface area contributed by atoms with Gasteiger partial charge in [-0.3, -0.25) is 4.79 Å². The maximum atomic E-state index is 12.0. The van der Waals surface area contributed by atoms with E-state index >= 15 is 0 Å². The highest BCUT2D eigenvalue weighted by molar-refractivity contribution is 9.10. The van der Waals surface area contributed by atoms with Gasteiger partial charge in [0.1, 0.15) is 5.69 Å². The summed E-state index contributed by atoms with van der Waals surface area (Å²) in [6.45, 7) is 0.0809. The largest absolute Gasteiger partial charge is 0.451 e. The van der Waals surface area contributed by atoms with Crippen LogP contribution in [0.3, 0.4) is 0 Å². The molecule has 1 amide bonds. The third kappa shape index (κ3) is 4.61. The molecule has 0 atom stereocenters. The van der Waals surface area contributed by atoms with Crippen LogP contribution in [0.1, 0.15) is 16.1 Å². The molecule has 0 fully saturated rings. The van der Waals surface area contributed by atoms with Gasteiger partial charge < -0.3 is 14.6 Å². The van der Waals surface area contributed by atoms with Crippen LogP contribution in [0.2, 0.25) is 5.02 Å². The van der Waals surface area contributed by atoms with E-state index in [0.717, 1.165) is 10.0 Å². The first-order chi connectivity index (χ1) is 10.5. The number of H-pyrrole nitrogens is 1. The predicted octanol–water partition coefficient (Wildman–Crippen LogP) is 3.25. The summed E-state index contributed by atoms with van der Waals surface area (Å²) in [5.74, 6) is -0.867. The Labute approximate surface area is 141 Å². The van der Waals surface area contributed by atoms with Crippen molar-refractivity contribution in [3.05, 3.63) is 57.3 Å². The van der Waals surface area contributed by atoms with Gasteiger partial charge in [0, 0.05) is 29.3 Å². The lowest BCUT2D eigenvalue weighted by atomic mass is 10.2. The number of halogens is 2. The molecule has 7 heteroatoms. The van der Waals surface area contributed by atoms with Gasteiger partial charge in [-0.15, -0.1) is 0 Å². The molecule has 0 saturated carbocycles. The number of amides is 1. The number of esters is 1. The molecule has 116 valence electrons. The number of ether oxygens (including phenoxy) is 1. The average molecular weight is 386 g/mol. The highest BCUT2D eigenvalue weighted by Crippen LogP contribution is 2.13. The second-order valence-electron chi connectivity index (χ2n) is 4.69. The van der Waals surface area contributed by atoms with Gasteiger partial charge in [-0.05, 0) is 39.7 Å². The lowest BCUT2D eigenvalue weighted by Gasteiger charge is -2.17. The summed E-state index contributed by atoms with van der Waals surface area (Å²) in [6.07, 6.45) is 1.61. The Kier molecular flexibility index (Phi) is 5.63. The number of benzene rings is 1. The van der Waals surface area contributed by atoms with E-state index in [-0.39, 0.29) is 18.2 Å². The Balaban J connectivity index is 1.85. The third-order valence-corrected chi connectivity index (χ3v) is 3.62. The molecule has 22 heavy (non-hydrogen) atoms. The molecule has 0 aliphatic rings. The highest BCUT2D eigenvalue weighted by atomic mass is 79.9. The summed E-state index contributed by atoms with van der Waals surface area (Å²) in [4.78, 5) is 27.9. The molecule has 0 radical (unpaired) electrons. The topological polar surface area (TPSA) is 62.4 Å². The standard InChI is InChI=1S/C15H14BrClN2O3/c1-19(8-10-3-2-4-12(17)5-10)14(20)9-22-15(21)13-6-11(16)7-18-13/h2-7,18H,8-9H2,1H3. The summed E-state index contributed by atoms with van der Waals surface area (Å²) in [5, 5.41) is 0.613. The van der Waals surface area contributed by atoms with Gasteiger partial charge in [-0.25, -0.2) is 4.79 Å². The molecule has 0 unspecified atom stereocenters. The number of nitrogens with zero attached hydrogens (tertiary/aromatic N) is 1. The van der Waals surface area contributed by atoms with E-state index in [1.807, 2.05) is 12.1 Å². The van der Waals surface area contributed by atoms with Gasteiger partial charge in [0.25, 0.3) is 5.91 Å². The quantitative estimate of drug-likeness (QED) is 0.804. The summed E-state index contributed by atoms with van der Waals surface area (Å²) in [6, 6.07) is 8.83. The molecule has 2 aromatic rings. The molecule has 0 bridgehead atoms. The Hall–Kier alpha value is -1.79. The molecule has 0 aliphatic carbocycles. The van der Waals surface area contributed by atoms with Gasteiger partial charge in [-0.2, -0.15) is 0 Å². The smallest absolute Gasteiger partial charge is 0.355 e. The molecule has 0 saturated heterocycles. The maximum Gasteiger partial charge on any atom is 0.355 e. The zero-order chi connectivity index (χ0) is 16.1. The van der Waals surface area contributed by atoms with E-state index in [1.54, 1.807) is 31.4 Å². The zero-order valence-electron chi connectivity index (χ0n) is 11.8. The van der Waals surface area contributed by atoms with E-state index < -0.39 is 5.97 Å². The van der Waals surface area contributed by atoms with Crippen molar-refractivity contribution in [3.63, 3.8) is 0 Å². The number of rotatable bonds is 5. The minimum absolute atomic E-state index is 0.289. The summed E-state index contributed by atoms with van der Waals surface area (Å²) in [5.41, 5.74) is 1.19. The summed E-state index contributed by atoms with van der Waals surface area (Å²) in [7, 11) is 1.64. The van der Waals surface area contributed by atoms with Gasteiger partial charge in [0.15, 0.2) is 6.61 Å². The van der Waals surface area contributed by atoms with Crippen molar-refractivity contribution in [3.8, 4) is 0 Å². The number of aromatic nitrogens is 1. The number of hydrogen-bond acceptors (Lipinski definition) is 3. The molecule has 1 aromatic heterocycles. The van der Waals surface area contributed by atoms with Crippen molar-refractivity contribution in [2.75, 3.05) is 13.7 Å². The number of carbonyl (C=O) groups is 2. The van der Waals surface area contributed by atoms with Gasteiger partial charge >= 0.3 is 5.97 Å². The fourth-order valence-corrected chi connectivity index (χ4v) is 2.35. The number of carbonyl (C=O) groups excluding carboxylic acids is 2. The van der Waals surface area contributed by atoms with Crippen LogP contribution in [0.4, 0.5) is 0 Å². The van der Waals surface area contributed by atoms with Crippen LogP contribution in [0.25, 0.3) is 0 Å². The van der Waals surface area contributed by atoms with E-state index in [1.165, 1.54) is 4.90 Å². The van der Waals surface area contributed by atoms with E-state index in [0.29, 0.717) is 11.6 Å². The first-order valence-corrected chi connectivity index (χ1v) is 7.62. The SMILES string of the molecule is CN(Cc1cccc(Cl)c1)C(=O)COC(=O)c1cc(Br)c[nH]1. The minimum Gasteiger partial charge on any atom is -0.451 e. The fraction of sp³-hybridized carbons (Fsp3) is 0.200. The molecular formula is C15H14BrClN2O3.